The van der Waals surface area contributed by atoms with Crippen molar-refractivity contribution in [3.8, 4) is 11.3 Å². The smallest absolute Gasteiger partial charge is 0.260 e. The Morgan fingerprint density at radius 2 is 2.04 bits per heavy atom. The van der Waals surface area contributed by atoms with Crippen LogP contribution in [0, 0.1) is 12.7 Å². The van der Waals surface area contributed by atoms with Crippen LogP contribution in [0.15, 0.2) is 47.8 Å². The minimum absolute atomic E-state index is 0.0776. The predicted molar refractivity (Wildman–Crippen MR) is 91.7 cm³/mol. The van der Waals surface area contributed by atoms with Crippen molar-refractivity contribution in [2.45, 2.75) is 6.92 Å². The van der Waals surface area contributed by atoms with Gasteiger partial charge in [-0.15, -0.1) is 11.3 Å². The molecule has 0 unspecified atom stereocenters. The number of anilines is 1. The Balaban J connectivity index is 1.87. The van der Waals surface area contributed by atoms with E-state index >= 15 is 0 Å². The van der Waals surface area contributed by atoms with E-state index < -0.39 is 11.7 Å². The summed E-state index contributed by atoms with van der Waals surface area (Å²) in [6.45, 7) is 1.93. The van der Waals surface area contributed by atoms with Crippen LogP contribution in [0.1, 0.15) is 15.4 Å². The first-order chi connectivity index (χ1) is 11.0. The van der Waals surface area contributed by atoms with Crippen molar-refractivity contribution in [2.24, 2.45) is 0 Å². The highest BCUT2D eigenvalue weighted by atomic mass is 35.5. The number of nitrogens with one attached hydrogen (secondary N) is 1. The molecule has 3 nitrogen and oxygen atoms in total. The SMILES string of the molecule is Cc1nc(-c2cccc(NC(=O)c3c(F)cccc3Cl)c2)cs1. The van der Waals surface area contributed by atoms with Gasteiger partial charge in [0.05, 0.1) is 21.3 Å². The number of hydrogen-bond donors (Lipinski definition) is 1. The van der Waals surface area contributed by atoms with Gasteiger partial charge < -0.3 is 5.32 Å². The van der Waals surface area contributed by atoms with Gasteiger partial charge in [-0.25, -0.2) is 9.37 Å². The molecule has 3 rings (SSSR count). The summed E-state index contributed by atoms with van der Waals surface area (Å²) < 4.78 is 13.8. The molecular weight excluding hydrogens is 335 g/mol. The van der Waals surface area contributed by atoms with Crippen molar-refractivity contribution in [1.29, 1.82) is 0 Å². The summed E-state index contributed by atoms with van der Waals surface area (Å²) in [5, 5.41) is 5.66. The Labute approximate surface area is 141 Å². The first-order valence-electron chi connectivity index (χ1n) is 6.82. The van der Waals surface area contributed by atoms with Crippen molar-refractivity contribution in [3.63, 3.8) is 0 Å². The van der Waals surface area contributed by atoms with Crippen molar-refractivity contribution in [1.82, 2.24) is 4.98 Å². The molecule has 1 amide bonds. The van der Waals surface area contributed by atoms with Gasteiger partial charge >= 0.3 is 0 Å². The molecule has 2 aromatic carbocycles. The summed E-state index contributed by atoms with van der Waals surface area (Å²) in [5.74, 6) is -1.24. The van der Waals surface area contributed by atoms with Gasteiger partial charge in [0.15, 0.2) is 0 Å². The number of halogens is 2. The van der Waals surface area contributed by atoms with E-state index in [-0.39, 0.29) is 10.6 Å². The lowest BCUT2D eigenvalue weighted by Crippen LogP contribution is -2.14. The number of thiazole rings is 1. The lowest BCUT2D eigenvalue weighted by Gasteiger charge is -2.08. The zero-order valence-electron chi connectivity index (χ0n) is 12.1. The lowest BCUT2D eigenvalue weighted by molar-refractivity contribution is 0.102. The van der Waals surface area contributed by atoms with Crippen LogP contribution >= 0.6 is 22.9 Å². The Morgan fingerprint density at radius 3 is 2.74 bits per heavy atom. The molecule has 0 saturated carbocycles. The summed E-state index contributed by atoms with van der Waals surface area (Å²) in [7, 11) is 0. The topological polar surface area (TPSA) is 42.0 Å². The molecule has 0 radical (unpaired) electrons. The van der Waals surface area contributed by atoms with Gasteiger partial charge in [0.1, 0.15) is 5.82 Å². The summed E-state index contributed by atoms with van der Waals surface area (Å²) in [6, 6.07) is 11.4. The second-order valence-electron chi connectivity index (χ2n) is 4.88. The van der Waals surface area contributed by atoms with E-state index in [9.17, 15) is 9.18 Å². The lowest BCUT2D eigenvalue weighted by atomic mass is 10.1. The fourth-order valence-corrected chi connectivity index (χ4v) is 3.03. The Hall–Kier alpha value is -2.24. The number of carbonyl (C=O) groups excluding carboxylic acids is 1. The highest BCUT2D eigenvalue weighted by Gasteiger charge is 2.16. The maximum absolute atomic E-state index is 13.8. The van der Waals surface area contributed by atoms with E-state index in [1.165, 1.54) is 18.2 Å². The van der Waals surface area contributed by atoms with Crippen LogP contribution in [0.4, 0.5) is 10.1 Å². The molecule has 0 spiro atoms. The third-order valence-corrected chi connectivity index (χ3v) is 4.31. The predicted octanol–water partition coefficient (Wildman–Crippen LogP) is 5.16. The first kappa shape index (κ1) is 15.6. The minimum Gasteiger partial charge on any atom is -0.322 e. The van der Waals surface area contributed by atoms with Crippen LogP contribution in [0.5, 0.6) is 0 Å². The Kier molecular flexibility index (Phi) is 4.41. The van der Waals surface area contributed by atoms with Gasteiger partial charge in [-0.2, -0.15) is 0 Å². The molecular formula is C17H12ClFN2OS. The standard InChI is InChI=1S/C17H12ClFN2OS/c1-10-20-15(9-23-10)11-4-2-5-12(8-11)21-17(22)16-13(18)6-3-7-14(16)19/h2-9H,1H3,(H,21,22). The number of nitrogens with zero attached hydrogens (tertiary/aromatic N) is 1. The second kappa shape index (κ2) is 6.48. The zero-order chi connectivity index (χ0) is 16.4. The van der Waals surface area contributed by atoms with Crippen molar-refractivity contribution in [3.05, 3.63) is 69.3 Å². The number of rotatable bonds is 3. The molecule has 1 aromatic heterocycles. The largest absolute Gasteiger partial charge is 0.322 e. The maximum atomic E-state index is 13.8. The average molecular weight is 347 g/mol. The molecule has 6 heteroatoms. The third kappa shape index (κ3) is 3.41. The zero-order valence-corrected chi connectivity index (χ0v) is 13.7. The number of aryl methyl sites for hydroxylation is 1. The van der Waals surface area contributed by atoms with E-state index in [0.717, 1.165) is 16.3 Å². The summed E-state index contributed by atoms with van der Waals surface area (Å²) in [6.07, 6.45) is 0. The second-order valence-corrected chi connectivity index (χ2v) is 6.35. The molecule has 1 N–H and O–H groups in total. The molecule has 0 atom stereocenters. The van der Waals surface area contributed by atoms with Gasteiger partial charge in [0.2, 0.25) is 0 Å². The Morgan fingerprint density at radius 1 is 1.26 bits per heavy atom. The van der Waals surface area contributed by atoms with E-state index in [0.29, 0.717) is 5.69 Å². The van der Waals surface area contributed by atoms with Gasteiger partial charge in [-0.1, -0.05) is 29.8 Å². The van der Waals surface area contributed by atoms with Crippen molar-refractivity contribution >= 4 is 34.5 Å². The number of aromatic nitrogens is 1. The molecule has 0 aliphatic rings. The van der Waals surface area contributed by atoms with Gasteiger partial charge in [0.25, 0.3) is 5.91 Å². The number of benzene rings is 2. The third-order valence-electron chi connectivity index (χ3n) is 3.23. The van der Waals surface area contributed by atoms with E-state index in [1.807, 2.05) is 24.4 Å². The van der Waals surface area contributed by atoms with Gasteiger partial charge in [0, 0.05) is 16.6 Å². The molecule has 0 fully saturated rings. The fourth-order valence-electron chi connectivity index (χ4n) is 2.16. The Bertz CT molecular complexity index is 858. The summed E-state index contributed by atoms with van der Waals surface area (Å²) in [5.41, 5.74) is 2.11. The fraction of sp³-hybridized carbons (Fsp3) is 0.0588. The number of carbonyl (C=O) groups is 1. The van der Waals surface area contributed by atoms with Crippen LogP contribution in [0.2, 0.25) is 5.02 Å². The first-order valence-corrected chi connectivity index (χ1v) is 8.08. The normalized spacial score (nSPS) is 10.6. The van der Waals surface area contributed by atoms with Crippen LogP contribution in [0.25, 0.3) is 11.3 Å². The van der Waals surface area contributed by atoms with Crippen molar-refractivity contribution < 1.29 is 9.18 Å². The minimum atomic E-state index is -0.652. The van der Waals surface area contributed by atoms with Crippen LogP contribution in [-0.2, 0) is 0 Å². The summed E-state index contributed by atoms with van der Waals surface area (Å²) >= 11 is 7.47. The van der Waals surface area contributed by atoms with Crippen molar-refractivity contribution in [2.75, 3.05) is 5.32 Å². The van der Waals surface area contributed by atoms with E-state index in [4.69, 9.17) is 11.6 Å². The number of amides is 1. The van der Waals surface area contributed by atoms with E-state index in [2.05, 4.69) is 10.3 Å². The molecule has 116 valence electrons. The molecule has 0 bridgehead atoms. The molecule has 0 saturated heterocycles. The highest BCUT2D eigenvalue weighted by molar-refractivity contribution is 7.09. The van der Waals surface area contributed by atoms with Crippen LogP contribution in [-0.4, -0.2) is 10.9 Å². The number of hydrogen-bond acceptors (Lipinski definition) is 3. The molecule has 0 aliphatic carbocycles. The highest BCUT2D eigenvalue weighted by Crippen LogP contribution is 2.25. The van der Waals surface area contributed by atoms with Gasteiger partial charge in [-0.3, -0.25) is 4.79 Å². The molecule has 1 heterocycles. The quantitative estimate of drug-likeness (QED) is 0.711. The molecule has 0 aliphatic heterocycles. The van der Waals surface area contributed by atoms with Crippen LogP contribution in [0.3, 0.4) is 0 Å². The average Bonchev–Trinajstić information content (AvgIpc) is 2.94. The molecule has 23 heavy (non-hydrogen) atoms. The maximum Gasteiger partial charge on any atom is 0.260 e. The van der Waals surface area contributed by atoms with E-state index in [1.54, 1.807) is 23.5 Å². The molecule has 3 aromatic rings. The summed E-state index contributed by atoms with van der Waals surface area (Å²) in [4.78, 5) is 16.7. The monoisotopic (exact) mass is 346 g/mol. The van der Waals surface area contributed by atoms with Crippen LogP contribution < -0.4 is 5.32 Å². The van der Waals surface area contributed by atoms with Gasteiger partial charge in [-0.05, 0) is 31.2 Å².